The van der Waals surface area contributed by atoms with Gasteiger partial charge in [0, 0.05) is 45.3 Å². The second-order valence-electron chi connectivity index (χ2n) is 9.97. The number of pyridine rings is 1. The van der Waals surface area contributed by atoms with Crippen molar-refractivity contribution in [1.82, 2.24) is 24.8 Å². The number of likely N-dealkylation sites (N-methyl/N-ethyl adjacent to an activating group) is 1. The normalized spacial score (nSPS) is 20.9. The zero-order valence-electron chi connectivity index (χ0n) is 21.0. The molecule has 5 rings (SSSR count). The number of nitrogens with one attached hydrogen (secondary N) is 2. The zero-order chi connectivity index (χ0) is 25.8. The second kappa shape index (κ2) is 11.1. The van der Waals surface area contributed by atoms with Gasteiger partial charge in [-0.15, -0.1) is 0 Å². The van der Waals surface area contributed by atoms with Gasteiger partial charge in [-0.05, 0) is 50.8 Å². The Hall–Kier alpha value is -3.78. The number of halogens is 1. The number of rotatable bonds is 7. The minimum atomic E-state index is -0.566. The van der Waals surface area contributed by atoms with Crippen molar-refractivity contribution in [3.8, 4) is 6.07 Å². The van der Waals surface area contributed by atoms with Crippen LogP contribution in [0.2, 0.25) is 0 Å². The maximum atomic E-state index is 14.6. The summed E-state index contributed by atoms with van der Waals surface area (Å²) in [5.41, 5.74) is 0.909. The Balaban J connectivity index is 1.21. The van der Waals surface area contributed by atoms with Crippen LogP contribution in [0.5, 0.6) is 0 Å². The van der Waals surface area contributed by atoms with Gasteiger partial charge in [0.1, 0.15) is 17.5 Å². The molecule has 0 spiro atoms. The predicted octanol–water partition coefficient (Wildman–Crippen LogP) is 2.77. The number of aromatic nitrogens is 3. The average Bonchev–Trinajstić information content (AvgIpc) is 3.74. The van der Waals surface area contributed by atoms with E-state index < -0.39 is 5.82 Å². The van der Waals surface area contributed by atoms with Gasteiger partial charge >= 0.3 is 0 Å². The number of allylic oxidation sites excluding steroid dienone is 1. The van der Waals surface area contributed by atoms with E-state index in [1.807, 2.05) is 18.2 Å². The van der Waals surface area contributed by atoms with E-state index in [2.05, 4.69) is 42.4 Å². The largest absolute Gasteiger partial charge is 0.363 e. The molecule has 37 heavy (non-hydrogen) atoms. The van der Waals surface area contributed by atoms with Gasteiger partial charge in [-0.2, -0.15) is 10.2 Å². The molecule has 1 saturated carbocycles. The van der Waals surface area contributed by atoms with Crippen LogP contribution >= 0.6 is 0 Å². The highest BCUT2D eigenvalue weighted by Gasteiger charge is 2.28. The number of hydrogen-bond acceptors (Lipinski definition) is 9. The molecule has 0 aromatic carbocycles. The number of piperazine rings is 1. The van der Waals surface area contributed by atoms with Crippen LogP contribution in [0.4, 0.5) is 27.7 Å². The summed E-state index contributed by atoms with van der Waals surface area (Å²) in [4.78, 5) is 32.0. The third kappa shape index (κ3) is 6.32. The lowest BCUT2D eigenvalue weighted by Crippen LogP contribution is -2.45. The van der Waals surface area contributed by atoms with Crippen LogP contribution in [-0.2, 0) is 4.79 Å². The Bertz CT molecular complexity index is 1180. The first kappa shape index (κ1) is 24.9. The highest BCUT2D eigenvalue weighted by atomic mass is 19.1. The molecule has 1 unspecified atom stereocenters. The van der Waals surface area contributed by atoms with Gasteiger partial charge < -0.3 is 25.3 Å². The Labute approximate surface area is 216 Å². The standard InChI is InChI=1S/C26H32FN9O/c1-34-9-11-35(12-10-34)23-7-6-20(15-29-23)32-26-30-16-22(27)24(33-26)31-21-3-2-8-36(17-21)25(37)19(14-28)13-18-4-5-18/h6-7,13,15-16,18,21H,2-5,8-12,17H2,1H3,(H2,30,31,32,33)/b19-13+. The van der Waals surface area contributed by atoms with Crippen LogP contribution in [0.25, 0.3) is 0 Å². The van der Waals surface area contributed by atoms with Crippen molar-refractivity contribution in [1.29, 1.82) is 5.26 Å². The number of hydrogen-bond donors (Lipinski definition) is 2. The SMILES string of the molecule is CN1CCN(c2ccc(Nc3ncc(F)c(NC4CCCN(C(=O)/C(C#N)=C/C5CC5)C4)n3)cn2)CC1. The lowest BCUT2D eigenvalue weighted by Gasteiger charge is -2.33. The molecule has 0 radical (unpaired) electrons. The minimum absolute atomic E-state index is 0.0767. The third-order valence-electron chi connectivity index (χ3n) is 7.00. The molecular formula is C26H32FN9O. The molecule has 3 fully saturated rings. The van der Waals surface area contributed by atoms with Crippen molar-refractivity contribution < 1.29 is 9.18 Å². The van der Waals surface area contributed by atoms with E-state index in [9.17, 15) is 14.4 Å². The number of piperidine rings is 1. The maximum absolute atomic E-state index is 14.6. The Morgan fingerprint density at radius 1 is 1.14 bits per heavy atom. The number of amides is 1. The van der Waals surface area contributed by atoms with Crippen LogP contribution in [-0.4, -0.2) is 83.0 Å². The van der Waals surface area contributed by atoms with Gasteiger partial charge in [-0.3, -0.25) is 4.79 Å². The predicted molar refractivity (Wildman–Crippen MR) is 139 cm³/mol. The highest BCUT2D eigenvalue weighted by molar-refractivity contribution is 5.97. The monoisotopic (exact) mass is 505 g/mol. The van der Waals surface area contributed by atoms with Crippen molar-refractivity contribution in [3.05, 3.63) is 42.0 Å². The van der Waals surface area contributed by atoms with E-state index in [0.29, 0.717) is 24.7 Å². The number of nitrogens with zero attached hydrogens (tertiary/aromatic N) is 7. The molecule has 2 aromatic heterocycles. The molecular weight excluding hydrogens is 473 g/mol. The summed E-state index contributed by atoms with van der Waals surface area (Å²) in [6.07, 6.45) is 8.22. The number of nitriles is 1. The van der Waals surface area contributed by atoms with Crippen molar-refractivity contribution in [3.63, 3.8) is 0 Å². The summed E-state index contributed by atoms with van der Waals surface area (Å²) in [7, 11) is 2.12. The first-order valence-electron chi connectivity index (χ1n) is 12.9. The quantitative estimate of drug-likeness (QED) is 0.433. The molecule has 2 aromatic rings. The van der Waals surface area contributed by atoms with Crippen molar-refractivity contribution in [2.24, 2.45) is 5.92 Å². The van der Waals surface area contributed by atoms with Gasteiger partial charge in [0.2, 0.25) is 5.95 Å². The molecule has 1 aliphatic carbocycles. The number of carbonyl (C=O) groups is 1. The molecule has 1 atom stereocenters. The van der Waals surface area contributed by atoms with Crippen LogP contribution in [0.3, 0.4) is 0 Å². The summed E-state index contributed by atoms with van der Waals surface area (Å²) in [5, 5.41) is 15.7. The number of likely N-dealkylation sites (tertiary alicyclic amines) is 1. The number of anilines is 4. The van der Waals surface area contributed by atoms with Gasteiger partial charge in [0.15, 0.2) is 11.6 Å². The molecule has 11 heteroatoms. The van der Waals surface area contributed by atoms with Gasteiger partial charge in [0.05, 0.1) is 18.1 Å². The summed E-state index contributed by atoms with van der Waals surface area (Å²) in [6, 6.07) is 5.73. The van der Waals surface area contributed by atoms with Gasteiger partial charge in [-0.1, -0.05) is 6.08 Å². The first-order chi connectivity index (χ1) is 18.0. The fourth-order valence-corrected chi connectivity index (χ4v) is 4.64. The van der Waals surface area contributed by atoms with E-state index in [0.717, 1.165) is 63.9 Å². The zero-order valence-corrected chi connectivity index (χ0v) is 21.0. The van der Waals surface area contributed by atoms with E-state index in [4.69, 9.17) is 0 Å². The van der Waals surface area contributed by atoms with Crippen LogP contribution in [0, 0.1) is 23.1 Å². The lowest BCUT2D eigenvalue weighted by molar-refractivity contribution is -0.127. The van der Waals surface area contributed by atoms with E-state index in [-0.39, 0.29) is 29.3 Å². The summed E-state index contributed by atoms with van der Waals surface area (Å²) >= 11 is 0. The molecule has 1 amide bonds. The Kier molecular flexibility index (Phi) is 7.46. The smallest absolute Gasteiger partial charge is 0.264 e. The first-order valence-corrected chi connectivity index (χ1v) is 12.9. The average molecular weight is 506 g/mol. The van der Waals surface area contributed by atoms with Crippen molar-refractivity contribution in [2.45, 2.75) is 31.7 Å². The fourth-order valence-electron chi connectivity index (χ4n) is 4.64. The second-order valence-corrected chi connectivity index (χ2v) is 9.97. The topological polar surface area (TPSA) is 113 Å². The van der Waals surface area contributed by atoms with E-state index >= 15 is 0 Å². The van der Waals surface area contributed by atoms with Crippen molar-refractivity contribution >= 4 is 29.2 Å². The molecule has 0 bridgehead atoms. The molecule has 4 heterocycles. The summed E-state index contributed by atoms with van der Waals surface area (Å²) < 4.78 is 14.6. The third-order valence-corrected chi connectivity index (χ3v) is 7.00. The molecule has 3 aliphatic rings. The molecule has 2 N–H and O–H groups in total. The molecule has 10 nitrogen and oxygen atoms in total. The molecule has 2 saturated heterocycles. The fraction of sp³-hybridized carbons (Fsp3) is 0.500. The minimum Gasteiger partial charge on any atom is -0.363 e. The van der Waals surface area contributed by atoms with Crippen molar-refractivity contribution in [2.75, 3.05) is 61.8 Å². The summed E-state index contributed by atoms with van der Waals surface area (Å²) in [6.45, 7) is 4.84. The van der Waals surface area contributed by atoms with Crippen LogP contribution in [0.1, 0.15) is 25.7 Å². The Morgan fingerprint density at radius 3 is 2.65 bits per heavy atom. The van der Waals surface area contributed by atoms with Crippen LogP contribution < -0.4 is 15.5 Å². The maximum Gasteiger partial charge on any atom is 0.264 e. The summed E-state index contributed by atoms with van der Waals surface area (Å²) in [5.74, 6) is 0.775. The van der Waals surface area contributed by atoms with E-state index in [1.165, 1.54) is 0 Å². The highest BCUT2D eigenvalue weighted by Crippen LogP contribution is 2.32. The number of carbonyl (C=O) groups excluding carboxylic acids is 1. The molecule has 194 valence electrons. The molecule has 2 aliphatic heterocycles. The lowest BCUT2D eigenvalue weighted by atomic mass is 10.0. The van der Waals surface area contributed by atoms with E-state index in [1.54, 1.807) is 17.2 Å². The van der Waals surface area contributed by atoms with Crippen LogP contribution in [0.15, 0.2) is 36.2 Å². The van der Waals surface area contributed by atoms with Gasteiger partial charge in [-0.25, -0.2) is 14.4 Å². The Morgan fingerprint density at radius 2 is 1.95 bits per heavy atom. The van der Waals surface area contributed by atoms with Gasteiger partial charge in [0.25, 0.3) is 5.91 Å².